The molecule has 0 radical (unpaired) electrons. The van der Waals surface area contributed by atoms with Crippen LogP contribution < -0.4 is 5.32 Å². The molecule has 0 aromatic carbocycles. The van der Waals surface area contributed by atoms with Crippen LogP contribution in [0.2, 0.25) is 0 Å². The minimum Gasteiger partial charge on any atom is -0.345 e. The van der Waals surface area contributed by atoms with Crippen molar-refractivity contribution in [1.82, 2.24) is 14.7 Å². The molecule has 2 aromatic rings. The van der Waals surface area contributed by atoms with Gasteiger partial charge in [-0.2, -0.15) is 4.98 Å². The zero-order chi connectivity index (χ0) is 11.7. The Morgan fingerprint density at radius 2 is 2.38 bits per heavy atom. The normalized spacial score (nSPS) is 10.4. The molecule has 0 aliphatic carbocycles. The summed E-state index contributed by atoms with van der Waals surface area (Å²) in [4.78, 5) is 15.7. The maximum absolute atomic E-state index is 11.8. The Kier molecular flexibility index (Phi) is 2.78. The molecular weight excluding hydrogens is 276 g/mol. The van der Waals surface area contributed by atoms with Crippen LogP contribution in [0.25, 0.3) is 0 Å². The van der Waals surface area contributed by atoms with Crippen molar-refractivity contribution in [3.63, 3.8) is 0 Å². The van der Waals surface area contributed by atoms with Crippen LogP contribution in [0.3, 0.4) is 0 Å². The van der Waals surface area contributed by atoms with Crippen molar-refractivity contribution in [1.29, 1.82) is 0 Å². The van der Waals surface area contributed by atoms with E-state index in [1.807, 2.05) is 0 Å². The highest BCUT2D eigenvalue weighted by molar-refractivity contribution is 9.10. The maximum Gasteiger partial charge on any atom is 0.328 e. The molecule has 2 aromatic heterocycles. The summed E-state index contributed by atoms with van der Waals surface area (Å²) in [5.74, 6) is 0.181. The van der Waals surface area contributed by atoms with Crippen LogP contribution in [-0.2, 0) is 7.05 Å². The Balaban J connectivity index is 2.17. The Hall–Kier alpha value is -1.63. The molecule has 84 valence electrons. The van der Waals surface area contributed by atoms with Crippen LogP contribution in [0.15, 0.2) is 21.3 Å². The van der Waals surface area contributed by atoms with Crippen LogP contribution in [0.4, 0.5) is 6.01 Å². The Morgan fingerprint density at radius 1 is 1.62 bits per heavy atom. The lowest BCUT2D eigenvalue weighted by atomic mass is 10.4. The van der Waals surface area contributed by atoms with Crippen LogP contribution in [0.1, 0.15) is 16.3 Å². The summed E-state index contributed by atoms with van der Waals surface area (Å²) < 4.78 is 7.32. The number of aromatic nitrogens is 3. The number of nitrogens with one attached hydrogen (secondary N) is 1. The number of amides is 1. The molecule has 1 amide bonds. The van der Waals surface area contributed by atoms with E-state index in [0.717, 1.165) is 4.47 Å². The lowest BCUT2D eigenvalue weighted by Gasteiger charge is -2.00. The lowest BCUT2D eigenvalue weighted by molar-refractivity contribution is 0.101. The minimum absolute atomic E-state index is 0.0971. The zero-order valence-electron chi connectivity index (χ0n) is 8.69. The Morgan fingerprint density at radius 3 is 2.88 bits per heavy atom. The minimum atomic E-state index is -0.295. The molecular formula is C9H9BrN4O2. The summed E-state index contributed by atoms with van der Waals surface area (Å²) in [6.07, 6.45) is 1.79. The van der Waals surface area contributed by atoms with Crippen LogP contribution in [-0.4, -0.2) is 20.6 Å². The second kappa shape index (κ2) is 4.09. The van der Waals surface area contributed by atoms with Crippen molar-refractivity contribution in [3.05, 3.63) is 28.3 Å². The van der Waals surface area contributed by atoms with E-state index in [1.165, 1.54) is 0 Å². The summed E-state index contributed by atoms with van der Waals surface area (Å²) >= 11 is 3.29. The summed E-state index contributed by atoms with van der Waals surface area (Å²) in [6, 6.07) is 1.80. The van der Waals surface area contributed by atoms with Gasteiger partial charge in [-0.15, -0.1) is 0 Å². The Bertz CT molecular complexity index is 531. The topological polar surface area (TPSA) is 73.0 Å². The number of rotatable bonds is 2. The number of hydrogen-bond donors (Lipinski definition) is 1. The summed E-state index contributed by atoms with van der Waals surface area (Å²) in [6.45, 7) is 1.68. The number of carbonyl (C=O) groups is 1. The molecule has 1 N–H and O–H groups in total. The fourth-order valence-electron chi connectivity index (χ4n) is 1.26. The van der Waals surface area contributed by atoms with Crippen LogP contribution >= 0.6 is 15.9 Å². The molecule has 0 aliphatic rings. The fraction of sp³-hybridized carbons (Fsp3) is 0.222. The highest BCUT2D eigenvalue weighted by atomic mass is 79.9. The third-order valence-corrected chi connectivity index (χ3v) is 2.39. The molecule has 0 fully saturated rings. The van der Waals surface area contributed by atoms with E-state index >= 15 is 0 Å². The largest absolute Gasteiger partial charge is 0.345 e. The standard InChI is InChI=1S/C9H9BrN4O2/c1-5-11-9(16-13-5)12-8(15)7-3-6(10)4-14(7)2/h3-4H,1-2H3,(H,11,12,13,15). The van der Waals surface area contributed by atoms with E-state index in [4.69, 9.17) is 4.52 Å². The van der Waals surface area contributed by atoms with E-state index in [-0.39, 0.29) is 11.9 Å². The fourth-order valence-corrected chi connectivity index (χ4v) is 1.78. The molecule has 6 nitrogen and oxygen atoms in total. The third-order valence-electron chi connectivity index (χ3n) is 1.95. The van der Waals surface area contributed by atoms with Gasteiger partial charge in [-0.1, -0.05) is 5.16 Å². The Labute approximate surface area is 99.8 Å². The molecule has 16 heavy (non-hydrogen) atoms. The number of anilines is 1. The first-order valence-electron chi connectivity index (χ1n) is 4.50. The van der Waals surface area contributed by atoms with E-state index in [9.17, 15) is 4.79 Å². The second-order valence-electron chi connectivity index (χ2n) is 3.26. The predicted molar refractivity (Wildman–Crippen MR) is 60.1 cm³/mol. The zero-order valence-corrected chi connectivity index (χ0v) is 10.3. The number of carbonyl (C=O) groups excluding carboxylic acids is 1. The first kappa shape index (κ1) is 10.9. The van der Waals surface area contributed by atoms with Crippen molar-refractivity contribution >= 4 is 27.9 Å². The number of nitrogens with zero attached hydrogens (tertiary/aromatic N) is 3. The van der Waals surface area contributed by atoms with Crippen LogP contribution in [0, 0.1) is 6.92 Å². The van der Waals surface area contributed by atoms with Gasteiger partial charge in [0.1, 0.15) is 5.69 Å². The van der Waals surface area contributed by atoms with Crippen molar-refractivity contribution in [2.24, 2.45) is 7.05 Å². The number of hydrogen-bond acceptors (Lipinski definition) is 4. The quantitative estimate of drug-likeness (QED) is 0.912. The smallest absolute Gasteiger partial charge is 0.328 e. The molecule has 0 aliphatic heterocycles. The molecule has 2 rings (SSSR count). The first-order valence-corrected chi connectivity index (χ1v) is 5.29. The third kappa shape index (κ3) is 2.13. The second-order valence-corrected chi connectivity index (χ2v) is 4.17. The van der Waals surface area contributed by atoms with Gasteiger partial charge < -0.3 is 9.09 Å². The van der Waals surface area contributed by atoms with Gasteiger partial charge in [-0.05, 0) is 28.9 Å². The van der Waals surface area contributed by atoms with E-state index in [1.54, 1.807) is 30.8 Å². The van der Waals surface area contributed by atoms with E-state index in [0.29, 0.717) is 11.5 Å². The average molecular weight is 285 g/mol. The predicted octanol–water partition coefficient (Wildman–Crippen LogP) is 1.73. The summed E-state index contributed by atoms with van der Waals surface area (Å²) in [5, 5.41) is 6.09. The van der Waals surface area contributed by atoms with Crippen molar-refractivity contribution in [2.45, 2.75) is 6.92 Å². The SMILES string of the molecule is Cc1noc(NC(=O)c2cc(Br)cn2C)n1. The van der Waals surface area contributed by atoms with Gasteiger partial charge in [0.15, 0.2) is 5.82 Å². The van der Waals surface area contributed by atoms with Gasteiger partial charge in [0.05, 0.1) is 0 Å². The molecule has 2 heterocycles. The van der Waals surface area contributed by atoms with Gasteiger partial charge >= 0.3 is 6.01 Å². The van der Waals surface area contributed by atoms with E-state index < -0.39 is 0 Å². The molecule has 0 unspecified atom stereocenters. The van der Waals surface area contributed by atoms with Gasteiger partial charge in [-0.3, -0.25) is 10.1 Å². The number of halogens is 1. The molecule has 0 saturated carbocycles. The first-order chi connectivity index (χ1) is 7.56. The van der Waals surface area contributed by atoms with E-state index in [2.05, 4.69) is 31.4 Å². The van der Waals surface area contributed by atoms with Crippen molar-refractivity contribution in [2.75, 3.05) is 5.32 Å². The summed E-state index contributed by atoms with van der Waals surface area (Å²) in [7, 11) is 1.78. The highest BCUT2D eigenvalue weighted by Gasteiger charge is 2.13. The van der Waals surface area contributed by atoms with Gasteiger partial charge in [0, 0.05) is 17.7 Å². The van der Waals surface area contributed by atoms with Gasteiger partial charge in [0.25, 0.3) is 5.91 Å². The average Bonchev–Trinajstić information content (AvgIpc) is 2.73. The van der Waals surface area contributed by atoms with Gasteiger partial charge in [-0.25, -0.2) is 0 Å². The van der Waals surface area contributed by atoms with Crippen molar-refractivity contribution < 1.29 is 9.32 Å². The van der Waals surface area contributed by atoms with Crippen LogP contribution in [0.5, 0.6) is 0 Å². The lowest BCUT2D eigenvalue weighted by Crippen LogP contribution is -2.15. The van der Waals surface area contributed by atoms with Crippen molar-refractivity contribution in [3.8, 4) is 0 Å². The molecule has 0 bridgehead atoms. The highest BCUT2D eigenvalue weighted by Crippen LogP contribution is 2.14. The molecule has 0 saturated heterocycles. The van der Waals surface area contributed by atoms with Gasteiger partial charge in [0.2, 0.25) is 0 Å². The maximum atomic E-state index is 11.8. The molecule has 7 heteroatoms. The number of aryl methyl sites for hydroxylation is 2. The summed E-state index contributed by atoms with van der Waals surface area (Å²) in [5.41, 5.74) is 0.503. The monoisotopic (exact) mass is 284 g/mol. The molecule has 0 atom stereocenters. The molecule has 0 spiro atoms.